The van der Waals surface area contributed by atoms with Crippen molar-refractivity contribution < 1.29 is 9.47 Å². The van der Waals surface area contributed by atoms with Crippen LogP contribution >= 0.6 is 0 Å². The van der Waals surface area contributed by atoms with Crippen molar-refractivity contribution in [1.29, 1.82) is 0 Å². The lowest BCUT2D eigenvalue weighted by molar-refractivity contribution is 0.227. The van der Waals surface area contributed by atoms with Crippen molar-refractivity contribution in [2.45, 2.75) is 79.1 Å². The van der Waals surface area contributed by atoms with E-state index >= 15 is 0 Å². The van der Waals surface area contributed by atoms with E-state index in [4.69, 9.17) is 9.47 Å². The number of hydrogen-bond donors (Lipinski definition) is 0. The lowest BCUT2D eigenvalue weighted by Crippen LogP contribution is -2.12. The molecule has 2 atom stereocenters. The summed E-state index contributed by atoms with van der Waals surface area (Å²) in [6.45, 7) is 14.5. The third-order valence-electron chi connectivity index (χ3n) is 5.25. The molecule has 0 aliphatic heterocycles. The largest absolute Gasteiger partial charge is 0.493 e. The number of hydrogen-bond acceptors (Lipinski definition) is 2. The van der Waals surface area contributed by atoms with Crippen LogP contribution < -0.4 is 9.47 Å². The first-order valence-corrected chi connectivity index (χ1v) is 10.7. The minimum Gasteiger partial charge on any atom is -0.493 e. The Balaban J connectivity index is 2.61. The highest BCUT2D eigenvalue weighted by molar-refractivity contribution is 5.58. The van der Waals surface area contributed by atoms with Gasteiger partial charge in [-0.3, -0.25) is 0 Å². The topological polar surface area (TPSA) is 18.5 Å². The first-order chi connectivity index (χ1) is 12.7. The SMILES string of the molecule is C=Cc1cc(OCC(CC)CCCC)ccc1OCC(CC)CCCC. The Morgan fingerprint density at radius 2 is 1.46 bits per heavy atom. The molecular weight excluding hydrogens is 320 g/mol. The highest BCUT2D eigenvalue weighted by atomic mass is 16.5. The van der Waals surface area contributed by atoms with Crippen LogP contribution in [0.3, 0.4) is 0 Å². The fraction of sp³-hybridized carbons (Fsp3) is 0.667. The number of ether oxygens (including phenoxy) is 2. The molecule has 0 bridgehead atoms. The molecule has 0 aromatic heterocycles. The Bertz CT molecular complexity index is 495. The van der Waals surface area contributed by atoms with Crippen LogP contribution in [0.2, 0.25) is 0 Å². The van der Waals surface area contributed by atoms with E-state index in [0.717, 1.165) is 30.3 Å². The van der Waals surface area contributed by atoms with Crippen LogP contribution in [0.1, 0.15) is 84.6 Å². The predicted octanol–water partition coefficient (Wildman–Crippen LogP) is 7.52. The molecule has 0 heterocycles. The molecule has 0 N–H and O–H groups in total. The first-order valence-electron chi connectivity index (χ1n) is 10.7. The zero-order chi connectivity index (χ0) is 19.2. The van der Waals surface area contributed by atoms with Crippen molar-refractivity contribution in [3.63, 3.8) is 0 Å². The van der Waals surface area contributed by atoms with Crippen molar-refractivity contribution >= 4 is 6.08 Å². The van der Waals surface area contributed by atoms with Crippen molar-refractivity contribution in [2.24, 2.45) is 11.8 Å². The summed E-state index contributed by atoms with van der Waals surface area (Å²) in [5.41, 5.74) is 1.02. The fourth-order valence-electron chi connectivity index (χ4n) is 3.13. The van der Waals surface area contributed by atoms with E-state index in [1.165, 1.54) is 51.4 Å². The maximum absolute atomic E-state index is 6.11. The van der Waals surface area contributed by atoms with Gasteiger partial charge >= 0.3 is 0 Å². The lowest BCUT2D eigenvalue weighted by atomic mass is 10.0. The van der Waals surface area contributed by atoms with Gasteiger partial charge in [0.1, 0.15) is 11.5 Å². The average molecular weight is 361 g/mol. The number of unbranched alkanes of at least 4 members (excludes halogenated alkanes) is 2. The summed E-state index contributed by atoms with van der Waals surface area (Å²) in [7, 11) is 0. The second kappa shape index (κ2) is 13.7. The molecule has 148 valence electrons. The molecule has 1 rings (SSSR count). The molecule has 0 radical (unpaired) electrons. The number of rotatable bonds is 15. The van der Waals surface area contributed by atoms with Gasteiger partial charge in [0, 0.05) is 5.56 Å². The normalized spacial score (nSPS) is 13.2. The van der Waals surface area contributed by atoms with E-state index in [9.17, 15) is 0 Å². The average Bonchev–Trinajstić information content (AvgIpc) is 2.68. The van der Waals surface area contributed by atoms with Crippen molar-refractivity contribution in [2.75, 3.05) is 13.2 Å². The summed E-state index contributed by atoms with van der Waals surface area (Å²) < 4.78 is 12.2. The molecule has 0 aliphatic rings. The molecule has 1 aromatic carbocycles. The molecule has 1 aromatic rings. The van der Waals surface area contributed by atoms with Gasteiger partial charge in [-0.2, -0.15) is 0 Å². The van der Waals surface area contributed by atoms with E-state index in [1.807, 2.05) is 18.2 Å². The lowest BCUT2D eigenvalue weighted by Gasteiger charge is -2.18. The van der Waals surface area contributed by atoms with Crippen LogP contribution in [0.4, 0.5) is 0 Å². The molecule has 2 nitrogen and oxygen atoms in total. The summed E-state index contributed by atoms with van der Waals surface area (Å²) in [5.74, 6) is 3.11. The van der Waals surface area contributed by atoms with E-state index in [-0.39, 0.29) is 0 Å². The number of benzene rings is 1. The quantitative estimate of drug-likeness (QED) is 0.322. The fourth-order valence-corrected chi connectivity index (χ4v) is 3.13. The molecule has 0 amide bonds. The molecule has 0 aliphatic carbocycles. The van der Waals surface area contributed by atoms with Crippen molar-refractivity contribution in [3.8, 4) is 11.5 Å². The Morgan fingerprint density at radius 1 is 0.885 bits per heavy atom. The summed E-state index contributed by atoms with van der Waals surface area (Å²) in [6.07, 6.45) is 11.8. The van der Waals surface area contributed by atoms with Gasteiger partial charge in [-0.25, -0.2) is 0 Å². The van der Waals surface area contributed by atoms with Crippen LogP contribution in [-0.2, 0) is 0 Å². The van der Waals surface area contributed by atoms with Gasteiger partial charge in [-0.05, 0) is 42.9 Å². The van der Waals surface area contributed by atoms with Gasteiger partial charge in [0.2, 0.25) is 0 Å². The van der Waals surface area contributed by atoms with Crippen LogP contribution in [0, 0.1) is 11.8 Å². The molecule has 0 saturated carbocycles. The van der Waals surface area contributed by atoms with Crippen molar-refractivity contribution in [1.82, 2.24) is 0 Å². The summed E-state index contributed by atoms with van der Waals surface area (Å²) in [4.78, 5) is 0. The van der Waals surface area contributed by atoms with Crippen LogP contribution in [0.25, 0.3) is 6.08 Å². The zero-order valence-corrected chi connectivity index (χ0v) is 17.6. The Morgan fingerprint density at radius 3 is 1.96 bits per heavy atom. The smallest absolute Gasteiger partial charge is 0.126 e. The van der Waals surface area contributed by atoms with Gasteiger partial charge in [-0.15, -0.1) is 0 Å². The van der Waals surface area contributed by atoms with Gasteiger partial charge in [0.15, 0.2) is 0 Å². The van der Waals surface area contributed by atoms with Crippen molar-refractivity contribution in [3.05, 3.63) is 30.3 Å². The maximum Gasteiger partial charge on any atom is 0.126 e. The summed E-state index contributed by atoms with van der Waals surface area (Å²) >= 11 is 0. The second-order valence-corrected chi connectivity index (χ2v) is 7.36. The monoisotopic (exact) mass is 360 g/mol. The van der Waals surface area contributed by atoms with Gasteiger partial charge < -0.3 is 9.47 Å². The third-order valence-corrected chi connectivity index (χ3v) is 5.25. The highest BCUT2D eigenvalue weighted by Crippen LogP contribution is 2.27. The zero-order valence-electron chi connectivity index (χ0n) is 17.6. The molecular formula is C24H40O2. The van der Waals surface area contributed by atoms with Gasteiger partial charge in [-0.1, -0.05) is 78.9 Å². The Hall–Kier alpha value is -1.44. The molecule has 26 heavy (non-hydrogen) atoms. The van der Waals surface area contributed by atoms with Gasteiger partial charge in [0.25, 0.3) is 0 Å². The molecule has 0 spiro atoms. The summed E-state index contributed by atoms with van der Waals surface area (Å²) in [5, 5.41) is 0. The van der Waals surface area contributed by atoms with Crippen LogP contribution in [0.15, 0.2) is 24.8 Å². The molecule has 2 unspecified atom stereocenters. The predicted molar refractivity (Wildman–Crippen MR) is 114 cm³/mol. The maximum atomic E-state index is 6.11. The van der Waals surface area contributed by atoms with E-state index in [2.05, 4.69) is 40.3 Å². The minimum atomic E-state index is 0.632. The van der Waals surface area contributed by atoms with E-state index in [1.54, 1.807) is 0 Å². The van der Waals surface area contributed by atoms with E-state index < -0.39 is 0 Å². The highest BCUT2D eigenvalue weighted by Gasteiger charge is 2.11. The molecule has 0 saturated heterocycles. The standard InChI is InChI=1S/C24H40O2/c1-6-11-13-20(8-3)18-25-23-15-16-24(22(10-5)17-23)26-19-21(9-4)14-12-7-2/h10,15-17,20-21H,5-9,11-14,18-19H2,1-4H3. The molecule has 2 heteroatoms. The Labute approximate surface area is 162 Å². The van der Waals surface area contributed by atoms with E-state index in [0.29, 0.717) is 11.8 Å². The molecule has 0 fully saturated rings. The first kappa shape index (κ1) is 22.6. The Kier molecular flexibility index (Phi) is 11.9. The van der Waals surface area contributed by atoms with Crippen LogP contribution in [-0.4, -0.2) is 13.2 Å². The summed E-state index contributed by atoms with van der Waals surface area (Å²) in [6, 6.07) is 6.12. The minimum absolute atomic E-state index is 0.632. The van der Waals surface area contributed by atoms with Gasteiger partial charge in [0.05, 0.1) is 13.2 Å². The third kappa shape index (κ3) is 8.29. The second-order valence-electron chi connectivity index (χ2n) is 7.36. The van der Waals surface area contributed by atoms with Crippen LogP contribution in [0.5, 0.6) is 11.5 Å².